The third-order valence-corrected chi connectivity index (χ3v) is 4.14. The zero-order valence-corrected chi connectivity index (χ0v) is 10.4. The molecule has 0 saturated carbocycles. The average Bonchev–Trinajstić information content (AvgIpc) is 2.73. The molecule has 84 valence electrons. The van der Waals surface area contributed by atoms with Gasteiger partial charge in [-0.25, -0.2) is 0 Å². The van der Waals surface area contributed by atoms with Crippen molar-refractivity contribution in [3.05, 3.63) is 28.6 Å². The van der Waals surface area contributed by atoms with Crippen LogP contribution in [-0.2, 0) is 0 Å². The third-order valence-electron chi connectivity index (χ3n) is 2.97. The summed E-state index contributed by atoms with van der Waals surface area (Å²) in [6.07, 6.45) is 0. The Labute approximate surface area is 104 Å². The van der Waals surface area contributed by atoms with Gasteiger partial charge in [0.1, 0.15) is 0 Å². The average molecular weight is 253 g/mol. The number of fused-ring (bicyclic) bond motifs is 1. The summed E-state index contributed by atoms with van der Waals surface area (Å²) in [6, 6.07) is 6.15. The molecule has 16 heavy (non-hydrogen) atoms. The fourth-order valence-electron chi connectivity index (χ4n) is 2.14. The maximum absolute atomic E-state index is 6.00. The molecule has 1 saturated heterocycles. The molecule has 1 N–H and O–H groups in total. The predicted octanol–water partition coefficient (Wildman–Crippen LogP) is 2.96. The van der Waals surface area contributed by atoms with Crippen molar-refractivity contribution < 1.29 is 0 Å². The summed E-state index contributed by atoms with van der Waals surface area (Å²) in [7, 11) is 0. The zero-order chi connectivity index (χ0) is 11.0. The van der Waals surface area contributed by atoms with Crippen molar-refractivity contribution in [1.29, 1.82) is 0 Å². The maximum atomic E-state index is 6.00. The topological polar surface area (TPSA) is 15.3 Å². The highest BCUT2D eigenvalue weighted by Gasteiger charge is 2.14. The van der Waals surface area contributed by atoms with Gasteiger partial charge in [-0.15, -0.1) is 11.3 Å². The summed E-state index contributed by atoms with van der Waals surface area (Å²) in [5.41, 5.74) is 1.36. The summed E-state index contributed by atoms with van der Waals surface area (Å²) in [4.78, 5) is 2.45. The fourth-order valence-corrected chi connectivity index (χ4v) is 3.38. The van der Waals surface area contributed by atoms with E-state index in [0.29, 0.717) is 0 Å². The molecular weight excluding hydrogens is 240 g/mol. The Morgan fingerprint density at radius 1 is 1.25 bits per heavy atom. The summed E-state index contributed by atoms with van der Waals surface area (Å²) in [5.74, 6) is 0. The summed E-state index contributed by atoms with van der Waals surface area (Å²) in [6.45, 7) is 4.33. The lowest BCUT2D eigenvalue weighted by atomic mass is 10.2. The van der Waals surface area contributed by atoms with Crippen molar-refractivity contribution in [2.45, 2.75) is 0 Å². The van der Waals surface area contributed by atoms with E-state index in [1.54, 1.807) is 11.3 Å². The minimum absolute atomic E-state index is 0.821. The Balaban J connectivity index is 2.03. The van der Waals surface area contributed by atoms with Crippen molar-refractivity contribution in [2.24, 2.45) is 0 Å². The Hall–Kier alpha value is -0.770. The maximum Gasteiger partial charge on any atom is 0.0555 e. The molecule has 2 nitrogen and oxygen atoms in total. The molecule has 0 aliphatic carbocycles. The van der Waals surface area contributed by atoms with Crippen LogP contribution in [0.5, 0.6) is 0 Å². The Morgan fingerprint density at radius 2 is 2.06 bits per heavy atom. The van der Waals surface area contributed by atoms with Crippen LogP contribution in [0.4, 0.5) is 5.69 Å². The number of hydrogen-bond donors (Lipinski definition) is 1. The fraction of sp³-hybridized carbons (Fsp3) is 0.333. The number of rotatable bonds is 1. The van der Waals surface area contributed by atoms with E-state index in [-0.39, 0.29) is 0 Å². The van der Waals surface area contributed by atoms with Gasteiger partial charge in [0, 0.05) is 46.7 Å². The first-order valence-corrected chi connectivity index (χ1v) is 6.73. The molecule has 2 aromatic rings. The monoisotopic (exact) mass is 252 g/mol. The largest absolute Gasteiger partial charge is 0.368 e. The van der Waals surface area contributed by atoms with Crippen LogP contribution in [0.25, 0.3) is 10.1 Å². The summed E-state index contributed by atoms with van der Waals surface area (Å²) in [5, 5.41) is 7.77. The van der Waals surface area contributed by atoms with Crippen molar-refractivity contribution in [3.8, 4) is 0 Å². The third kappa shape index (κ3) is 1.79. The van der Waals surface area contributed by atoms with Crippen molar-refractivity contribution in [1.82, 2.24) is 5.32 Å². The standard InChI is InChI=1S/C12H13ClN2S/c13-9-1-2-10-11(8-16-12(10)7-9)15-5-3-14-4-6-15/h1-2,7-8,14H,3-6H2. The Kier molecular flexibility index (Phi) is 2.75. The van der Waals surface area contributed by atoms with E-state index in [0.717, 1.165) is 31.2 Å². The molecule has 4 heteroatoms. The second-order valence-electron chi connectivity index (χ2n) is 4.00. The predicted molar refractivity (Wildman–Crippen MR) is 71.9 cm³/mol. The minimum Gasteiger partial charge on any atom is -0.368 e. The van der Waals surface area contributed by atoms with E-state index in [4.69, 9.17) is 11.6 Å². The minimum atomic E-state index is 0.821. The molecule has 1 aromatic heterocycles. The van der Waals surface area contributed by atoms with Crippen molar-refractivity contribution in [3.63, 3.8) is 0 Å². The van der Waals surface area contributed by atoms with Gasteiger partial charge in [0.2, 0.25) is 0 Å². The molecule has 1 aliphatic heterocycles. The van der Waals surface area contributed by atoms with Gasteiger partial charge in [-0.3, -0.25) is 0 Å². The number of halogens is 1. The number of benzene rings is 1. The van der Waals surface area contributed by atoms with Crippen LogP contribution in [0, 0.1) is 0 Å². The lowest BCUT2D eigenvalue weighted by Crippen LogP contribution is -2.43. The second-order valence-corrected chi connectivity index (χ2v) is 5.35. The molecular formula is C12H13ClN2S. The smallest absolute Gasteiger partial charge is 0.0555 e. The second kappa shape index (κ2) is 4.24. The van der Waals surface area contributed by atoms with E-state index >= 15 is 0 Å². The van der Waals surface area contributed by atoms with Gasteiger partial charge in [0.15, 0.2) is 0 Å². The molecule has 0 amide bonds. The molecule has 0 bridgehead atoms. The number of nitrogens with one attached hydrogen (secondary N) is 1. The molecule has 1 fully saturated rings. The number of thiophene rings is 1. The van der Waals surface area contributed by atoms with Crippen LogP contribution >= 0.6 is 22.9 Å². The van der Waals surface area contributed by atoms with Crippen LogP contribution in [-0.4, -0.2) is 26.2 Å². The molecule has 0 radical (unpaired) electrons. The van der Waals surface area contributed by atoms with Crippen LogP contribution in [0.1, 0.15) is 0 Å². The van der Waals surface area contributed by atoms with Gasteiger partial charge in [-0.2, -0.15) is 0 Å². The highest BCUT2D eigenvalue weighted by Crippen LogP contribution is 2.34. The molecule has 0 unspecified atom stereocenters. The molecule has 0 atom stereocenters. The van der Waals surface area contributed by atoms with E-state index in [1.807, 2.05) is 12.1 Å². The number of nitrogens with zero attached hydrogens (tertiary/aromatic N) is 1. The van der Waals surface area contributed by atoms with Gasteiger partial charge in [-0.05, 0) is 18.2 Å². The molecule has 3 rings (SSSR count). The van der Waals surface area contributed by atoms with E-state index in [2.05, 4.69) is 21.7 Å². The van der Waals surface area contributed by atoms with Crippen LogP contribution in [0.15, 0.2) is 23.6 Å². The van der Waals surface area contributed by atoms with Crippen LogP contribution in [0.2, 0.25) is 5.02 Å². The van der Waals surface area contributed by atoms with E-state index in [9.17, 15) is 0 Å². The first-order chi connectivity index (χ1) is 7.84. The summed E-state index contributed by atoms with van der Waals surface area (Å²) >= 11 is 7.77. The molecule has 0 spiro atoms. The normalized spacial score (nSPS) is 16.9. The highest BCUT2D eigenvalue weighted by molar-refractivity contribution is 7.17. The Bertz CT molecular complexity index is 503. The van der Waals surface area contributed by atoms with Gasteiger partial charge >= 0.3 is 0 Å². The first-order valence-electron chi connectivity index (χ1n) is 5.47. The molecule has 2 heterocycles. The lowest BCUT2D eigenvalue weighted by Gasteiger charge is -2.28. The van der Waals surface area contributed by atoms with E-state index in [1.165, 1.54) is 15.8 Å². The van der Waals surface area contributed by atoms with Gasteiger partial charge in [0.05, 0.1) is 5.69 Å². The van der Waals surface area contributed by atoms with Gasteiger partial charge < -0.3 is 10.2 Å². The lowest BCUT2D eigenvalue weighted by molar-refractivity contribution is 0.591. The molecule has 1 aliphatic rings. The van der Waals surface area contributed by atoms with E-state index < -0.39 is 0 Å². The zero-order valence-electron chi connectivity index (χ0n) is 8.87. The quantitative estimate of drug-likeness (QED) is 0.840. The summed E-state index contributed by atoms with van der Waals surface area (Å²) < 4.78 is 1.28. The highest BCUT2D eigenvalue weighted by atomic mass is 35.5. The van der Waals surface area contributed by atoms with Crippen molar-refractivity contribution in [2.75, 3.05) is 31.1 Å². The number of hydrogen-bond acceptors (Lipinski definition) is 3. The SMILES string of the molecule is Clc1ccc2c(N3CCNCC3)csc2c1. The van der Waals surface area contributed by atoms with Gasteiger partial charge in [-0.1, -0.05) is 11.6 Å². The van der Waals surface area contributed by atoms with Crippen LogP contribution in [0.3, 0.4) is 0 Å². The van der Waals surface area contributed by atoms with Gasteiger partial charge in [0.25, 0.3) is 0 Å². The van der Waals surface area contributed by atoms with Crippen LogP contribution < -0.4 is 10.2 Å². The number of piperazine rings is 1. The molecule has 1 aromatic carbocycles. The number of anilines is 1. The van der Waals surface area contributed by atoms with Crippen molar-refractivity contribution >= 4 is 38.7 Å². The Morgan fingerprint density at radius 3 is 2.88 bits per heavy atom. The first kappa shape index (κ1) is 10.4.